The fourth-order valence-corrected chi connectivity index (χ4v) is 4.45. The first-order valence-electron chi connectivity index (χ1n) is 6.64. The summed E-state index contributed by atoms with van der Waals surface area (Å²) >= 11 is 0. The standard InChI is InChI=1S/C13H28NO3P/c1-12(2,3)11-17-18(15,13(4,5)6)14-7-9-16-10-8-14/h7-11H2,1-6H3. The second-order valence-electron chi connectivity index (χ2n) is 7.09. The van der Waals surface area contributed by atoms with Crippen LogP contribution in [0.4, 0.5) is 0 Å². The third-order valence-electron chi connectivity index (χ3n) is 2.88. The van der Waals surface area contributed by atoms with Gasteiger partial charge in [-0.2, -0.15) is 0 Å². The van der Waals surface area contributed by atoms with Gasteiger partial charge in [-0.1, -0.05) is 20.8 Å². The molecule has 1 unspecified atom stereocenters. The first-order chi connectivity index (χ1) is 8.06. The molecular weight excluding hydrogens is 249 g/mol. The number of rotatable bonds is 3. The summed E-state index contributed by atoms with van der Waals surface area (Å²) in [6.07, 6.45) is 0. The summed E-state index contributed by atoms with van der Waals surface area (Å²) in [5.74, 6) is 0. The minimum Gasteiger partial charge on any atom is -0.379 e. The fourth-order valence-electron chi connectivity index (χ4n) is 1.80. The highest BCUT2D eigenvalue weighted by Gasteiger charge is 2.44. The first-order valence-corrected chi connectivity index (χ1v) is 8.22. The number of hydrogen-bond acceptors (Lipinski definition) is 3. The van der Waals surface area contributed by atoms with E-state index in [1.165, 1.54) is 0 Å². The van der Waals surface area contributed by atoms with Gasteiger partial charge in [-0.25, -0.2) is 4.67 Å². The molecule has 1 rings (SSSR count). The lowest BCUT2D eigenvalue weighted by atomic mass is 9.99. The lowest BCUT2D eigenvalue weighted by Crippen LogP contribution is -2.40. The number of morpholine rings is 1. The van der Waals surface area contributed by atoms with Crippen molar-refractivity contribution in [3.05, 3.63) is 0 Å². The van der Waals surface area contributed by atoms with Crippen LogP contribution in [0, 0.1) is 5.41 Å². The molecule has 0 saturated carbocycles. The largest absolute Gasteiger partial charge is 0.379 e. The minimum atomic E-state index is -2.82. The van der Waals surface area contributed by atoms with Gasteiger partial charge in [0.25, 0.3) is 7.52 Å². The molecule has 0 spiro atoms. The van der Waals surface area contributed by atoms with Crippen molar-refractivity contribution in [1.82, 2.24) is 4.67 Å². The Morgan fingerprint density at radius 3 is 2.00 bits per heavy atom. The van der Waals surface area contributed by atoms with Crippen LogP contribution in [0.25, 0.3) is 0 Å². The van der Waals surface area contributed by atoms with E-state index < -0.39 is 7.52 Å². The Hall–Kier alpha value is 0.110. The average molecular weight is 277 g/mol. The number of nitrogens with zero attached hydrogens (tertiary/aromatic N) is 1. The summed E-state index contributed by atoms with van der Waals surface area (Å²) in [5.41, 5.74) is 0.0210. The van der Waals surface area contributed by atoms with E-state index in [2.05, 4.69) is 20.8 Å². The van der Waals surface area contributed by atoms with Crippen molar-refractivity contribution in [3.8, 4) is 0 Å². The van der Waals surface area contributed by atoms with E-state index in [-0.39, 0.29) is 10.6 Å². The van der Waals surface area contributed by atoms with Crippen molar-refractivity contribution in [2.75, 3.05) is 32.9 Å². The van der Waals surface area contributed by atoms with Gasteiger partial charge in [0.05, 0.1) is 25.0 Å². The van der Waals surface area contributed by atoms with Crippen LogP contribution in [0.3, 0.4) is 0 Å². The molecule has 1 saturated heterocycles. The Morgan fingerprint density at radius 1 is 1.11 bits per heavy atom. The topological polar surface area (TPSA) is 38.8 Å². The van der Waals surface area contributed by atoms with Crippen molar-refractivity contribution < 1.29 is 13.8 Å². The van der Waals surface area contributed by atoms with Crippen molar-refractivity contribution in [3.63, 3.8) is 0 Å². The molecule has 5 heteroatoms. The third-order valence-corrected chi connectivity index (χ3v) is 6.20. The normalized spacial score (nSPS) is 22.8. The smallest absolute Gasteiger partial charge is 0.277 e. The predicted octanol–water partition coefficient (Wildman–Crippen LogP) is 3.37. The molecule has 0 aliphatic carbocycles. The molecule has 1 aliphatic rings. The molecule has 0 N–H and O–H groups in total. The Balaban J connectivity index is 2.85. The maximum atomic E-state index is 13.3. The number of ether oxygens (including phenoxy) is 1. The van der Waals surface area contributed by atoms with Gasteiger partial charge in [-0.05, 0) is 26.2 Å². The molecule has 1 heterocycles. The summed E-state index contributed by atoms with van der Waals surface area (Å²) < 4.78 is 26.5. The van der Waals surface area contributed by atoms with Crippen LogP contribution in [0.2, 0.25) is 0 Å². The SMILES string of the molecule is CC(C)(C)COP(=O)(N1CCOCC1)C(C)(C)C. The molecule has 18 heavy (non-hydrogen) atoms. The van der Waals surface area contributed by atoms with E-state index in [1.807, 2.05) is 25.4 Å². The van der Waals surface area contributed by atoms with Gasteiger partial charge in [0.2, 0.25) is 0 Å². The highest BCUT2D eigenvalue weighted by molar-refractivity contribution is 7.58. The van der Waals surface area contributed by atoms with E-state index in [9.17, 15) is 4.57 Å². The highest BCUT2D eigenvalue weighted by atomic mass is 31.2. The van der Waals surface area contributed by atoms with Gasteiger partial charge >= 0.3 is 0 Å². The molecule has 4 nitrogen and oxygen atoms in total. The zero-order valence-electron chi connectivity index (χ0n) is 12.7. The summed E-state index contributed by atoms with van der Waals surface area (Å²) in [7, 11) is -2.82. The predicted molar refractivity (Wildman–Crippen MR) is 75.2 cm³/mol. The van der Waals surface area contributed by atoms with Crippen molar-refractivity contribution in [2.45, 2.75) is 46.7 Å². The fraction of sp³-hybridized carbons (Fsp3) is 1.00. The van der Waals surface area contributed by atoms with Crippen LogP contribution >= 0.6 is 7.52 Å². The van der Waals surface area contributed by atoms with Gasteiger partial charge in [0, 0.05) is 13.1 Å². The van der Waals surface area contributed by atoms with Crippen molar-refractivity contribution >= 4 is 7.52 Å². The maximum Gasteiger partial charge on any atom is 0.277 e. The quantitative estimate of drug-likeness (QED) is 0.741. The summed E-state index contributed by atoms with van der Waals surface area (Å²) in [5, 5.41) is -0.365. The Labute approximate surface area is 112 Å². The molecule has 0 bridgehead atoms. The van der Waals surface area contributed by atoms with E-state index in [0.29, 0.717) is 32.9 Å². The zero-order chi connectivity index (χ0) is 14.0. The maximum absolute atomic E-state index is 13.3. The van der Waals surface area contributed by atoms with Gasteiger partial charge in [-0.3, -0.25) is 4.57 Å². The molecule has 0 aromatic carbocycles. The molecule has 1 atom stereocenters. The molecule has 0 amide bonds. The summed E-state index contributed by atoms with van der Waals surface area (Å²) in [6.45, 7) is 15.4. The highest BCUT2D eigenvalue weighted by Crippen LogP contribution is 2.62. The zero-order valence-corrected chi connectivity index (χ0v) is 13.5. The van der Waals surface area contributed by atoms with Gasteiger partial charge in [-0.15, -0.1) is 0 Å². The minimum absolute atomic E-state index is 0.0210. The van der Waals surface area contributed by atoms with Crippen LogP contribution in [0.1, 0.15) is 41.5 Å². The van der Waals surface area contributed by atoms with Gasteiger partial charge in [0.1, 0.15) is 0 Å². The Morgan fingerprint density at radius 2 is 1.61 bits per heavy atom. The van der Waals surface area contributed by atoms with Gasteiger partial charge in [0.15, 0.2) is 0 Å². The van der Waals surface area contributed by atoms with Crippen LogP contribution < -0.4 is 0 Å². The Bertz CT molecular complexity index is 311. The van der Waals surface area contributed by atoms with E-state index >= 15 is 0 Å². The van der Waals surface area contributed by atoms with Crippen LogP contribution in [-0.2, 0) is 13.8 Å². The average Bonchev–Trinajstić information content (AvgIpc) is 2.24. The molecule has 1 aliphatic heterocycles. The van der Waals surface area contributed by atoms with Crippen LogP contribution in [0.15, 0.2) is 0 Å². The lowest BCUT2D eigenvalue weighted by Gasteiger charge is -2.41. The molecule has 0 aromatic rings. The molecule has 0 radical (unpaired) electrons. The summed E-state index contributed by atoms with van der Waals surface area (Å²) in [4.78, 5) is 0. The summed E-state index contributed by atoms with van der Waals surface area (Å²) in [6, 6.07) is 0. The molecule has 0 aromatic heterocycles. The van der Waals surface area contributed by atoms with Crippen molar-refractivity contribution in [2.24, 2.45) is 5.41 Å². The lowest BCUT2D eigenvalue weighted by molar-refractivity contribution is 0.0592. The molecular formula is C13H28NO3P. The van der Waals surface area contributed by atoms with E-state index in [4.69, 9.17) is 9.26 Å². The molecule has 108 valence electrons. The van der Waals surface area contributed by atoms with E-state index in [1.54, 1.807) is 0 Å². The van der Waals surface area contributed by atoms with Crippen LogP contribution in [-0.4, -0.2) is 42.7 Å². The number of hydrogen-bond donors (Lipinski definition) is 0. The second-order valence-corrected chi connectivity index (χ2v) is 10.3. The van der Waals surface area contributed by atoms with Crippen LogP contribution in [0.5, 0.6) is 0 Å². The van der Waals surface area contributed by atoms with E-state index in [0.717, 1.165) is 0 Å². The first kappa shape index (κ1) is 16.2. The molecule has 1 fully saturated rings. The van der Waals surface area contributed by atoms with Gasteiger partial charge < -0.3 is 9.26 Å². The Kier molecular flexibility index (Phi) is 5.05. The third kappa shape index (κ3) is 4.06. The van der Waals surface area contributed by atoms with Crippen molar-refractivity contribution in [1.29, 1.82) is 0 Å². The second kappa shape index (κ2) is 5.62. The monoisotopic (exact) mass is 277 g/mol.